The minimum absolute atomic E-state index is 0.153. The van der Waals surface area contributed by atoms with E-state index in [0.29, 0.717) is 19.6 Å². The van der Waals surface area contributed by atoms with E-state index in [-0.39, 0.29) is 6.04 Å². The molecule has 2 rings (SSSR count). The van der Waals surface area contributed by atoms with E-state index in [0.717, 1.165) is 30.5 Å². The summed E-state index contributed by atoms with van der Waals surface area (Å²) in [6, 6.07) is 7.48. The summed E-state index contributed by atoms with van der Waals surface area (Å²) in [4.78, 5) is 0. The molecule has 0 radical (unpaired) electrons. The van der Waals surface area contributed by atoms with Crippen LogP contribution in [-0.4, -0.2) is 38.4 Å². The molecule has 1 unspecified atom stereocenters. The van der Waals surface area contributed by atoms with Gasteiger partial charge in [0.25, 0.3) is 0 Å². The lowest BCUT2D eigenvalue weighted by atomic mass is 10.0. The molecule has 2 N–H and O–H groups in total. The predicted octanol–water partition coefficient (Wildman–Crippen LogP) is 1.74. The van der Waals surface area contributed by atoms with Crippen LogP contribution < -0.4 is 10.0 Å². The van der Waals surface area contributed by atoms with Crippen molar-refractivity contribution in [3.63, 3.8) is 0 Å². The number of benzene rings is 1. The lowest BCUT2D eigenvalue weighted by Crippen LogP contribution is -2.51. The summed E-state index contributed by atoms with van der Waals surface area (Å²) < 4.78 is 29.0. The molecule has 1 aromatic rings. The van der Waals surface area contributed by atoms with Crippen molar-refractivity contribution >= 4 is 15.9 Å². The van der Waals surface area contributed by atoms with E-state index in [9.17, 15) is 8.42 Å². The zero-order chi connectivity index (χ0) is 15.5. The number of para-hydroxylation sites is 1. The largest absolute Gasteiger partial charge is 0.326 e. The van der Waals surface area contributed by atoms with Crippen LogP contribution in [0, 0.1) is 0 Å². The zero-order valence-electron chi connectivity index (χ0n) is 12.8. The van der Waals surface area contributed by atoms with Gasteiger partial charge in [-0.15, -0.1) is 0 Å². The fourth-order valence-corrected chi connectivity index (χ4v) is 4.70. The van der Waals surface area contributed by atoms with Crippen molar-refractivity contribution in [1.29, 1.82) is 0 Å². The Bertz CT molecular complexity index is 568. The van der Waals surface area contributed by atoms with Crippen molar-refractivity contribution in [3.8, 4) is 0 Å². The topological polar surface area (TPSA) is 66.6 Å². The van der Waals surface area contributed by atoms with E-state index in [1.807, 2.05) is 38.1 Å². The van der Waals surface area contributed by atoms with Crippen molar-refractivity contribution in [3.05, 3.63) is 29.8 Å². The second-order valence-corrected chi connectivity index (χ2v) is 7.38. The highest BCUT2D eigenvalue weighted by Crippen LogP contribution is 2.30. The first-order valence-electron chi connectivity index (χ1n) is 7.62. The highest BCUT2D eigenvalue weighted by Gasteiger charge is 2.34. The second kappa shape index (κ2) is 6.77. The van der Waals surface area contributed by atoms with E-state index in [1.54, 1.807) is 4.31 Å². The lowest BCUT2D eigenvalue weighted by molar-refractivity contribution is 0.405. The molecule has 118 valence electrons. The molecule has 0 bridgehead atoms. The van der Waals surface area contributed by atoms with Gasteiger partial charge in [-0.1, -0.05) is 32.0 Å². The van der Waals surface area contributed by atoms with Crippen LogP contribution in [0.1, 0.15) is 32.3 Å². The summed E-state index contributed by atoms with van der Waals surface area (Å²) in [5.41, 5.74) is 7.84. The average Bonchev–Trinajstić information content (AvgIpc) is 2.46. The Morgan fingerprint density at radius 3 is 2.48 bits per heavy atom. The number of hydrogen-bond donors (Lipinski definition) is 1. The predicted molar refractivity (Wildman–Crippen MR) is 86.5 cm³/mol. The van der Waals surface area contributed by atoms with Crippen molar-refractivity contribution in [1.82, 2.24) is 4.31 Å². The normalized spacial score (nSPS) is 18.9. The molecule has 0 saturated heterocycles. The van der Waals surface area contributed by atoms with Crippen LogP contribution in [0.5, 0.6) is 0 Å². The summed E-state index contributed by atoms with van der Waals surface area (Å²) in [6.07, 6.45) is 2.34. The summed E-state index contributed by atoms with van der Waals surface area (Å²) in [6.45, 7) is 5.43. The van der Waals surface area contributed by atoms with Gasteiger partial charge in [-0.3, -0.25) is 4.31 Å². The van der Waals surface area contributed by atoms with E-state index in [1.165, 1.54) is 4.31 Å². The van der Waals surface area contributed by atoms with E-state index in [4.69, 9.17) is 5.73 Å². The second-order valence-electron chi connectivity index (χ2n) is 5.53. The first-order valence-corrected chi connectivity index (χ1v) is 9.01. The van der Waals surface area contributed by atoms with Crippen molar-refractivity contribution in [2.24, 2.45) is 5.73 Å². The minimum Gasteiger partial charge on any atom is -0.326 e. The molecule has 21 heavy (non-hydrogen) atoms. The summed E-state index contributed by atoms with van der Waals surface area (Å²) in [7, 11) is -3.51. The fourth-order valence-electron chi connectivity index (χ4n) is 2.78. The third-order valence-electron chi connectivity index (χ3n) is 3.69. The van der Waals surface area contributed by atoms with E-state index in [2.05, 4.69) is 0 Å². The van der Waals surface area contributed by atoms with E-state index < -0.39 is 10.2 Å². The minimum atomic E-state index is -3.51. The number of fused-ring (bicyclic) bond motifs is 1. The molecule has 0 amide bonds. The van der Waals surface area contributed by atoms with Gasteiger partial charge in [0.05, 0.1) is 12.2 Å². The Morgan fingerprint density at radius 1 is 1.24 bits per heavy atom. The van der Waals surface area contributed by atoms with Crippen molar-refractivity contribution < 1.29 is 8.42 Å². The summed E-state index contributed by atoms with van der Waals surface area (Å²) >= 11 is 0. The molecule has 1 atom stereocenters. The molecule has 0 spiro atoms. The van der Waals surface area contributed by atoms with Crippen LogP contribution in [0.2, 0.25) is 0 Å². The molecule has 1 aliphatic heterocycles. The average molecular weight is 311 g/mol. The molecular weight excluding hydrogens is 286 g/mol. The molecule has 0 fully saturated rings. The molecule has 6 heteroatoms. The molecule has 0 saturated carbocycles. The van der Waals surface area contributed by atoms with Crippen molar-refractivity contribution in [2.75, 3.05) is 23.9 Å². The van der Waals surface area contributed by atoms with Crippen LogP contribution >= 0.6 is 0 Å². The van der Waals surface area contributed by atoms with Gasteiger partial charge in [0, 0.05) is 19.1 Å². The highest BCUT2D eigenvalue weighted by molar-refractivity contribution is 7.90. The third-order valence-corrected chi connectivity index (χ3v) is 5.61. The van der Waals surface area contributed by atoms with E-state index >= 15 is 0 Å². The van der Waals surface area contributed by atoms with Crippen molar-refractivity contribution in [2.45, 2.75) is 39.2 Å². The Hall–Kier alpha value is -1.11. The third kappa shape index (κ3) is 3.39. The number of anilines is 1. The Labute approximate surface area is 127 Å². The summed E-state index contributed by atoms with van der Waals surface area (Å²) in [5, 5.41) is 0. The number of nitrogens with zero attached hydrogens (tertiary/aromatic N) is 2. The highest BCUT2D eigenvalue weighted by atomic mass is 32.2. The van der Waals surface area contributed by atoms with Gasteiger partial charge in [0.2, 0.25) is 0 Å². The van der Waals surface area contributed by atoms with Crippen LogP contribution in [0.3, 0.4) is 0 Å². The maximum absolute atomic E-state index is 13.0. The molecule has 1 heterocycles. The monoisotopic (exact) mass is 311 g/mol. The number of rotatable bonds is 6. The van der Waals surface area contributed by atoms with Gasteiger partial charge < -0.3 is 5.73 Å². The van der Waals surface area contributed by atoms with Crippen LogP contribution in [0.15, 0.2) is 24.3 Å². The summed E-state index contributed by atoms with van der Waals surface area (Å²) in [5.74, 6) is 0. The van der Waals surface area contributed by atoms with Gasteiger partial charge in [-0.2, -0.15) is 12.7 Å². The fraction of sp³-hybridized carbons (Fsp3) is 0.600. The maximum Gasteiger partial charge on any atom is 0.304 e. The van der Waals surface area contributed by atoms with Crippen LogP contribution in [0.25, 0.3) is 0 Å². The van der Waals surface area contributed by atoms with Crippen LogP contribution in [-0.2, 0) is 16.6 Å². The van der Waals surface area contributed by atoms with Gasteiger partial charge in [0.1, 0.15) is 0 Å². The van der Waals surface area contributed by atoms with Gasteiger partial charge in [0.15, 0.2) is 0 Å². The van der Waals surface area contributed by atoms with Gasteiger partial charge in [-0.25, -0.2) is 0 Å². The molecule has 1 aliphatic rings. The number of nitrogens with two attached hydrogens (primary N) is 1. The first kappa shape index (κ1) is 16.3. The molecule has 1 aromatic carbocycles. The Morgan fingerprint density at radius 2 is 1.86 bits per heavy atom. The quantitative estimate of drug-likeness (QED) is 0.870. The molecular formula is C15H25N3O2S. The smallest absolute Gasteiger partial charge is 0.304 e. The SMILES string of the molecule is CCCN(CCC)S(=O)(=O)N1CC(N)Cc2ccccc21. The first-order chi connectivity index (χ1) is 10.0. The Kier molecular flexibility index (Phi) is 5.24. The molecule has 5 nitrogen and oxygen atoms in total. The zero-order valence-corrected chi connectivity index (χ0v) is 13.6. The van der Waals surface area contributed by atoms with Crippen LogP contribution in [0.4, 0.5) is 5.69 Å². The number of hydrogen-bond acceptors (Lipinski definition) is 3. The lowest BCUT2D eigenvalue weighted by Gasteiger charge is -2.37. The standard InChI is InChI=1S/C15H25N3O2S/c1-3-9-17(10-4-2)21(19,20)18-12-14(16)11-13-7-5-6-8-15(13)18/h5-8,14H,3-4,9-12,16H2,1-2H3. The van der Waals surface area contributed by atoms with Gasteiger partial charge >= 0.3 is 10.2 Å². The molecule has 0 aliphatic carbocycles. The maximum atomic E-state index is 13.0. The Balaban J connectivity index is 2.39. The molecule has 0 aromatic heterocycles. The van der Waals surface area contributed by atoms with Gasteiger partial charge in [-0.05, 0) is 30.9 Å².